The first-order valence-electron chi connectivity index (χ1n) is 6.18. The van der Waals surface area contributed by atoms with Crippen molar-refractivity contribution < 1.29 is 9.84 Å². The van der Waals surface area contributed by atoms with E-state index in [0.717, 1.165) is 12.8 Å². The van der Waals surface area contributed by atoms with Crippen molar-refractivity contribution >= 4 is 11.3 Å². The number of aliphatic hydroxyl groups is 1. The molecule has 1 aromatic rings. The van der Waals surface area contributed by atoms with E-state index in [4.69, 9.17) is 4.74 Å². The summed E-state index contributed by atoms with van der Waals surface area (Å²) in [5.74, 6) is 0. The van der Waals surface area contributed by atoms with Crippen LogP contribution in [0.2, 0.25) is 0 Å². The van der Waals surface area contributed by atoms with Crippen molar-refractivity contribution in [2.45, 2.75) is 38.3 Å². The fourth-order valence-corrected chi connectivity index (χ4v) is 3.15. The highest BCUT2D eigenvalue weighted by Crippen LogP contribution is 2.25. The van der Waals surface area contributed by atoms with Crippen molar-refractivity contribution in [2.24, 2.45) is 0 Å². The normalized spacial score (nSPS) is 21.4. The molecule has 17 heavy (non-hydrogen) atoms. The predicted octanol–water partition coefficient (Wildman–Crippen LogP) is 2.25. The van der Waals surface area contributed by atoms with Crippen LogP contribution >= 0.6 is 11.3 Å². The van der Waals surface area contributed by atoms with Crippen LogP contribution in [0.5, 0.6) is 0 Å². The average molecular weight is 255 g/mol. The van der Waals surface area contributed by atoms with E-state index in [9.17, 15) is 5.11 Å². The number of nitrogens with one attached hydrogen (secondary N) is 1. The van der Waals surface area contributed by atoms with Gasteiger partial charge in [-0.05, 0) is 30.9 Å². The molecule has 2 N–H and O–H groups in total. The van der Waals surface area contributed by atoms with Crippen LogP contribution in [0.3, 0.4) is 0 Å². The van der Waals surface area contributed by atoms with Crippen LogP contribution in [0.15, 0.2) is 11.4 Å². The molecule has 1 aliphatic heterocycles. The highest BCUT2D eigenvalue weighted by atomic mass is 32.1. The van der Waals surface area contributed by atoms with Crippen molar-refractivity contribution in [1.82, 2.24) is 5.32 Å². The molecule has 0 aliphatic carbocycles. The van der Waals surface area contributed by atoms with Gasteiger partial charge in [-0.2, -0.15) is 0 Å². The molecule has 1 unspecified atom stereocenters. The van der Waals surface area contributed by atoms with Crippen LogP contribution in [0.25, 0.3) is 0 Å². The molecule has 0 spiro atoms. The Bertz CT molecular complexity index is 358. The molecule has 1 aromatic heterocycles. The molecule has 1 aliphatic rings. The van der Waals surface area contributed by atoms with Gasteiger partial charge < -0.3 is 15.2 Å². The van der Waals surface area contributed by atoms with E-state index in [1.54, 1.807) is 11.3 Å². The summed E-state index contributed by atoms with van der Waals surface area (Å²) in [4.78, 5) is 1.36. The van der Waals surface area contributed by atoms with Crippen LogP contribution in [0.4, 0.5) is 0 Å². The largest absolute Gasteiger partial charge is 0.388 e. The zero-order valence-electron chi connectivity index (χ0n) is 10.5. The standard InChI is InChI=1S/C13H21NO2S/c1-10-3-8-17-12(10)11(2)14-9-13(15)4-6-16-7-5-13/h3,8,11,14-15H,4-7,9H2,1-2H3. The van der Waals surface area contributed by atoms with Gasteiger partial charge in [0.15, 0.2) is 0 Å². The molecular weight excluding hydrogens is 234 g/mol. The second kappa shape index (κ2) is 5.48. The minimum Gasteiger partial charge on any atom is -0.388 e. The van der Waals surface area contributed by atoms with Crippen LogP contribution in [-0.4, -0.2) is 30.5 Å². The average Bonchev–Trinajstić information content (AvgIpc) is 2.74. The summed E-state index contributed by atoms with van der Waals surface area (Å²) in [7, 11) is 0. The molecule has 1 saturated heterocycles. The smallest absolute Gasteiger partial charge is 0.0815 e. The first kappa shape index (κ1) is 13.0. The molecule has 1 atom stereocenters. The van der Waals surface area contributed by atoms with Gasteiger partial charge in [-0.1, -0.05) is 0 Å². The van der Waals surface area contributed by atoms with Crippen molar-refractivity contribution in [1.29, 1.82) is 0 Å². The summed E-state index contributed by atoms with van der Waals surface area (Å²) in [5, 5.41) is 15.9. The summed E-state index contributed by atoms with van der Waals surface area (Å²) in [5.41, 5.74) is 0.742. The third-order valence-electron chi connectivity index (χ3n) is 3.46. The molecule has 0 bridgehead atoms. The molecule has 4 heteroatoms. The van der Waals surface area contributed by atoms with Gasteiger partial charge in [-0.15, -0.1) is 11.3 Å². The summed E-state index contributed by atoms with van der Waals surface area (Å²) >= 11 is 1.77. The maximum absolute atomic E-state index is 10.3. The lowest BCUT2D eigenvalue weighted by molar-refractivity contribution is -0.0625. The monoisotopic (exact) mass is 255 g/mol. The van der Waals surface area contributed by atoms with Crippen molar-refractivity contribution in [3.63, 3.8) is 0 Å². The SMILES string of the molecule is Cc1ccsc1C(C)NCC1(O)CCOCC1. The molecule has 3 nitrogen and oxygen atoms in total. The Labute approximate surface area is 107 Å². The first-order chi connectivity index (χ1) is 8.11. The number of ether oxygens (including phenoxy) is 1. The Kier molecular flexibility index (Phi) is 4.20. The van der Waals surface area contributed by atoms with Crippen molar-refractivity contribution in [3.05, 3.63) is 21.9 Å². The van der Waals surface area contributed by atoms with E-state index >= 15 is 0 Å². The molecule has 0 radical (unpaired) electrons. The van der Waals surface area contributed by atoms with E-state index in [-0.39, 0.29) is 0 Å². The van der Waals surface area contributed by atoms with E-state index in [1.165, 1.54) is 10.4 Å². The Balaban J connectivity index is 1.87. The van der Waals surface area contributed by atoms with Crippen LogP contribution in [0, 0.1) is 6.92 Å². The molecule has 2 heterocycles. The summed E-state index contributed by atoms with van der Waals surface area (Å²) < 4.78 is 5.28. The van der Waals surface area contributed by atoms with Gasteiger partial charge >= 0.3 is 0 Å². The van der Waals surface area contributed by atoms with Crippen molar-refractivity contribution in [2.75, 3.05) is 19.8 Å². The lowest BCUT2D eigenvalue weighted by atomic mass is 9.94. The lowest BCUT2D eigenvalue weighted by Gasteiger charge is -2.33. The van der Waals surface area contributed by atoms with Gasteiger partial charge in [0.2, 0.25) is 0 Å². The summed E-state index contributed by atoms with van der Waals surface area (Å²) in [6.45, 7) is 6.28. The second-order valence-electron chi connectivity index (χ2n) is 4.91. The minimum atomic E-state index is -0.586. The number of aryl methyl sites for hydroxylation is 1. The van der Waals surface area contributed by atoms with Crippen LogP contribution in [0.1, 0.15) is 36.2 Å². The molecule has 96 valence electrons. The summed E-state index contributed by atoms with van der Waals surface area (Å²) in [6, 6.07) is 2.45. The van der Waals surface area contributed by atoms with Gasteiger partial charge in [0.1, 0.15) is 0 Å². The Morgan fingerprint density at radius 1 is 1.53 bits per heavy atom. The molecule has 0 saturated carbocycles. The maximum Gasteiger partial charge on any atom is 0.0815 e. The quantitative estimate of drug-likeness (QED) is 0.867. The van der Waals surface area contributed by atoms with Gasteiger partial charge in [-0.25, -0.2) is 0 Å². The van der Waals surface area contributed by atoms with Gasteiger partial charge in [0.05, 0.1) is 5.60 Å². The Morgan fingerprint density at radius 3 is 2.82 bits per heavy atom. The maximum atomic E-state index is 10.3. The van der Waals surface area contributed by atoms with Gasteiger partial charge in [0.25, 0.3) is 0 Å². The molecule has 2 rings (SSSR count). The molecule has 1 fully saturated rings. The van der Waals surface area contributed by atoms with E-state index in [1.807, 2.05) is 0 Å². The third kappa shape index (κ3) is 3.28. The van der Waals surface area contributed by atoms with Gasteiger partial charge in [-0.3, -0.25) is 0 Å². The number of thiophene rings is 1. The van der Waals surface area contributed by atoms with Crippen LogP contribution in [-0.2, 0) is 4.74 Å². The number of hydrogen-bond acceptors (Lipinski definition) is 4. The third-order valence-corrected chi connectivity index (χ3v) is 4.66. The molecule has 0 aromatic carbocycles. The van der Waals surface area contributed by atoms with Crippen molar-refractivity contribution in [3.8, 4) is 0 Å². The number of hydrogen-bond donors (Lipinski definition) is 2. The molecule has 0 amide bonds. The van der Waals surface area contributed by atoms with E-state index < -0.39 is 5.60 Å². The zero-order chi connectivity index (χ0) is 12.3. The fraction of sp³-hybridized carbons (Fsp3) is 0.692. The topological polar surface area (TPSA) is 41.5 Å². The van der Waals surface area contributed by atoms with E-state index in [0.29, 0.717) is 25.8 Å². The highest BCUT2D eigenvalue weighted by molar-refractivity contribution is 7.10. The fourth-order valence-electron chi connectivity index (χ4n) is 2.19. The van der Waals surface area contributed by atoms with Gasteiger partial charge in [0, 0.05) is 43.5 Å². The first-order valence-corrected chi connectivity index (χ1v) is 7.06. The van der Waals surface area contributed by atoms with Crippen LogP contribution < -0.4 is 5.32 Å². The summed E-state index contributed by atoms with van der Waals surface area (Å²) in [6.07, 6.45) is 1.46. The van der Waals surface area contributed by atoms with E-state index in [2.05, 4.69) is 30.6 Å². The predicted molar refractivity (Wildman–Crippen MR) is 70.5 cm³/mol. The molecular formula is C13H21NO2S. The highest BCUT2D eigenvalue weighted by Gasteiger charge is 2.30. The Hall–Kier alpha value is -0.420. The zero-order valence-corrected chi connectivity index (χ0v) is 11.3. The lowest BCUT2D eigenvalue weighted by Crippen LogP contribution is -2.45. The number of rotatable bonds is 4. The second-order valence-corrected chi connectivity index (χ2v) is 5.85. The minimum absolute atomic E-state index is 0.307. The Morgan fingerprint density at radius 2 is 2.24 bits per heavy atom.